The number of hydrogen-bond acceptors (Lipinski definition) is 5. The third-order valence-corrected chi connectivity index (χ3v) is 5.65. The highest BCUT2D eigenvalue weighted by Crippen LogP contribution is 2.32. The van der Waals surface area contributed by atoms with Crippen molar-refractivity contribution in [3.05, 3.63) is 29.8 Å². The Balaban J connectivity index is 1.82. The van der Waals surface area contributed by atoms with Crippen LogP contribution < -0.4 is 4.90 Å². The molecular formula is C19H25N3O2S. The lowest BCUT2D eigenvalue weighted by atomic mass is 9.88. The van der Waals surface area contributed by atoms with Crippen molar-refractivity contribution in [2.24, 2.45) is 5.92 Å². The molecule has 1 aliphatic carbocycles. The molecule has 134 valence electrons. The van der Waals surface area contributed by atoms with Crippen LogP contribution >= 0.6 is 11.3 Å². The Kier molecular flexibility index (Phi) is 6.15. The van der Waals surface area contributed by atoms with Gasteiger partial charge in [0.15, 0.2) is 0 Å². The SMILES string of the molecule is COCCN(C(=O)C1CCCCC1)c1nnc(-c2cccc(C)c2)s1. The fourth-order valence-electron chi connectivity index (χ4n) is 3.27. The maximum absolute atomic E-state index is 13.0. The first-order valence-electron chi connectivity index (χ1n) is 8.90. The first-order valence-corrected chi connectivity index (χ1v) is 9.71. The van der Waals surface area contributed by atoms with Gasteiger partial charge in [-0.05, 0) is 25.8 Å². The van der Waals surface area contributed by atoms with Crippen LogP contribution in [-0.4, -0.2) is 36.4 Å². The predicted octanol–water partition coefficient (Wildman–Crippen LogP) is 4.07. The molecule has 0 saturated heterocycles. The quantitative estimate of drug-likeness (QED) is 0.780. The van der Waals surface area contributed by atoms with Crippen molar-refractivity contribution in [3.8, 4) is 10.6 Å². The van der Waals surface area contributed by atoms with Gasteiger partial charge >= 0.3 is 0 Å². The van der Waals surface area contributed by atoms with E-state index in [1.165, 1.54) is 23.3 Å². The number of aromatic nitrogens is 2. The van der Waals surface area contributed by atoms with Gasteiger partial charge in [-0.2, -0.15) is 0 Å². The van der Waals surface area contributed by atoms with Crippen molar-refractivity contribution >= 4 is 22.4 Å². The minimum atomic E-state index is 0.108. The highest BCUT2D eigenvalue weighted by molar-refractivity contribution is 7.18. The first kappa shape index (κ1) is 18.0. The number of nitrogens with zero attached hydrogens (tertiary/aromatic N) is 3. The van der Waals surface area contributed by atoms with Gasteiger partial charge in [-0.25, -0.2) is 0 Å². The monoisotopic (exact) mass is 359 g/mol. The molecule has 1 aromatic heterocycles. The number of benzene rings is 1. The second-order valence-corrected chi connectivity index (χ2v) is 7.53. The van der Waals surface area contributed by atoms with Gasteiger partial charge in [-0.3, -0.25) is 9.69 Å². The number of carbonyl (C=O) groups excluding carboxylic acids is 1. The van der Waals surface area contributed by atoms with Gasteiger partial charge in [0.25, 0.3) is 0 Å². The summed E-state index contributed by atoms with van der Waals surface area (Å²) in [4.78, 5) is 14.8. The number of carbonyl (C=O) groups is 1. The topological polar surface area (TPSA) is 55.3 Å². The second kappa shape index (κ2) is 8.54. The van der Waals surface area contributed by atoms with Crippen molar-refractivity contribution in [1.82, 2.24) is 10.2 Å². The Morgan fingerprint density at radius 3 is 2.80 bits per heavy atom. The molecule has 0 aliphatic heterocycles. The summed E-state index contributed by atoms with van der Waals surface area (Å²) in [7, 11) is 1.65. The zero-order valence-electron chi connectivity index (χ0n) is 14.9. The second-order valence-electron chi connectivity index (χ2n) is 6.58. The molecule has 1 aliphatic rings. The highest BCUT2D eigenvalue weighted by atomic mass is 32.1. The molecular weight excluding hydrogens is 334 g/mol. The molecule has 0 spiro atoms. The van der Waals surface area contributed by atoms with Crippen LogP contribution in [0.15, 0.2) is 24.3 Å². The van der Waals surface area contributed by atoms with Crippen molar-refractivity contribution in [3.63, 3.8) is 0 Å². The summed E-state index contributed by atoms with van der Waals surface area (Å²) < 4.78 is 5.20. The highest BCUT2D eigenvalue weighted by Gasteiger charge is 2.28. The van der Waals surface area contributed by atoms with E-state index in [1.807, 2.05) is 12.1 Å². The third-order valence-electron chi connectivity index (χ3n) is 4.65. The fourth-order valence-corrected chi connectivity index (χ4v) is 4.14. The number of rotatable bonds is 6. The summed E-state index contributed by atoms with van der Waals surface area (Å²) in [5.41, 5.74) is 2.23. The maximum Gasteiger partial charge on any atom is 0.232 e. The van der Waals surface area contributed by atoms with E-state index in [0.717, 1.165) is 36.3 Å². The van der Waals surface area contributed by atoms with E-state index in [-0.39, 0.29) is 11.8 Å². The van der Waals surface area contributed by atoms with Crippen LogP contribution in [0.5, 0.6) is 0 Å². The molecule has 3 rings (SSSR count). The van der Waals surface area contributed by atoms with Gasteiger partial charge in [0, 0.05) is 18.6 Å². The molecule has 2 aromatic rings. The maximum atomic E-state index is 13.0. The Morgan fingerprint density at radius 1 is 1.28 bits per heavy atom. The van der Waals surface area contributed by atoms with Crippen molar-refractivity contribution in [2.45, 2.75) is 39.0 Å². The molecule has 0 radical (unpaired) electrons. The third kappa shape index (κ3) is 4.44. The average Bonchev–Trinajstić information content (AvgIpc) is 3.12. The number of hydrogen-bond donors (Lipinski definition) is 0. The van der Waals surface area contributed by atoms with Crippen LogP contribution in [0.2, 0.25) is 0 Å². The average molecular weight is 359 g/mol. The Bertz CT molecular complexity index is 710. The van der Waals surface area contributed by atoms with Crippen LogP contribution in [0, 0.1) is 12.8 Å². The number of ether oxygens (including phenoxy) is 1. The van der Waals surface area contributed by atoms with E-state index in [2.05, 4.69) is 29.3 Å². The molecule has 0 unspecified atom stereocenters. The molecule has 1 heterocycles. The summed E-state index contributed by atoms with van der Waals surface area (Å²) in [6, 6.07) is 8.19. The summed E-state index contributed by atoms with van der Waals surface area (Å²) in [5.74, 6) is 0.278. The van der Waals surface area contributed by atoms with Crippen LogP contribution in [0.1, 0.15) is 37.7 Å². The van der Waals surface area contributed by atoms with Crippen molar-refractivity contribution in [2.75, 3.05) is 25.2 Å². The van der Waals surface area contributed by atoms with E-state index in [0.29, 0.717) is 18.3 Å². The van der Waals surface area contributed by atoms with Crippen LogP contribution in [-0.2, 0) is 9.53 Å². The van der Waals surface area contributed by atoms with E-state index in [9.17, 15) is 4.79 Å². The standard InChI is InChI=1S/C19H25N3O2S/c1-14-7-6-10-16(13-14)17-20-21-19(25-17)22(11-12-24-2)18(23)15-8-4-3-5-9-15/h6-7,10,13,15H,3-5,8-9,11-12H2,1-2H3. The molecule has 0 bridgehead atoms. The molecule has 1 fully saturated rings. The zero-order valence-corrected chi connectivity index (χ0v) is 15.7. The molecule has 1 saturated carbocycles. The van der Waals surface area contributed by atoms with E-state index >= 15 is 0 Å². The molecule has 25 heavy (non-hydrogen) atoms. The molecule has 0 atom stereocenters. The smallest absolute Gasteiger partial charge is 0.232 e. The minimum Gasteiger partial charge on any atom is -0.383 e. The number of anilines is 1. The molecule has 1 aromatic carbocycles. The van der Waals surface area contributed by atoms with E-state index in [1.54, 1.807) is 12.0 Å². The van der Waals surface area contributed by atoms with Crippen molar-refractivity contribution in [1.29, 1.82) is 0 Å². The Morgan fingerprint density at radius 2 is 2.08 bits per heavy atom. The summed E-state index contributed by atoms with van der Waals surface area (Å²) in [6.45, 7) is 3.08. The first-order chi connectivity index (χ1) is 12.2. The van der Waals surface area contributed by atoms with Crippen LogP contribution in [0.3, 0.4) is 0 Å². The number of aryl methyl sites for hydroxylation is 1. The van der Waals surface area contributed by atoms with Crippen molar-refractivity contribution < 1.29 is 9.53 Å². The Hall–Kier alpha value is -1.79. The zero-order chi connectivity index (χ0) is 17.6. The lowest BCUT2D eigenvalue weighted by Crippen LogP contribution is -2.39. The van der Waals surface area contributed by atoms with Crippen LogP contribution in [0.25, 0.3) is 10.6 Å². The fraction of sp³-hybridized carbons (Fsp3) is 0.526. The molecule has 0 N–H and O–H groups in total. The normalized spacial score (nSPS) is 15.3. The van der Waals surface area contributed by atoms with E-state index < -0.39 is 0 Å². The molecule has 1 amide bonds. The van der Waals surface area contributed by atoms with Gasteiger partial charge in [0.1, 0.15) is 5.01 Å². The van der Waals surface area contributed by atoms with Gasteiger partial charge in [-0.15, -0.1) is 10.2 Å². The van der Waals surface area contributed by atoms with E-state index in [4.69, 9.17) is 4.74 Å². The largest absolute Gasteiger partial charge is 0.383 e. The van der Waals surface area contributed by atoms with Gasteiger partial charge < -0.3 is 4.74 Å². The number of amides is 1. The summed E-state index contributed by atoms with van der Waals surface area (Å²) in [5, 5.41) is 10.1. The minimum absolute atomic E-state index is 0.108. The Labute approximate surface area is 153 Å². The summed E-state index contributed by atoms with van der Waals surface area (Å²) in [6.07, 6.45) is 5.47. The summed E-state index contributed by atoms with van der Waals surface area (Å²) >= 11 is 1.47. The van der Waals surface area contributed by atoms with Crippen LogP contribution in [0.4, 0.5) is 5.13 Å². The molecule has 5 nitrogen and oxygen atoms in total. The van der Waals surface area contributed by atoms with Gasteiger partial charge in [-0.1, -0.05) is 54.4 Å². The predicted molar refractivity (Wildman–Crippen MR) is 101 cm³/mol. The number of methoxy groups -OCH3 is 1. The van der Waals surface area contributed by atoms with Gasteiger partial charge in [0.05, 0.1) is 13.2 Å². The molecule has 6 heteroatoms. The lowest BCUT2D eigenvalue weighted by molar-refractivity contribution is -0.123. The van der Waals surface area contributed by atoms with Gasteiger partial charge in [0.2, 0.25) is 11.0 Å². The lowest BCUT2D eigenvalue weighted by Gasteiger charge is -2.27.